The number of aryl methyl sites for hydroxylation is 1. The Balaban J connectivity index is 1.22. The normalized spacial score (nSPS) is 13.3. The summed E-state index contributed by atoms with van der Waals surface area (Å²) in [5.74, 6) is -1.48. The third kappa shape index (κ3) is 7.24. The van der Waals surface area contributed by atoms with E-state index in [1.807, 2.05) is 6.92 Å². The Hall–Kier alpha value is -4.37. The van der Waals surface area contributed by atoms with Crippen LogP contribution in [0.1, 0.15) is 51.1 Å². The maximum Gasteiger partial charge on any atom is 0.252 e. The molecule has 0 radical (unpaired) electrons. The fourth-order valence-corrected chi connectivity index (χ4v) is 4.90. The topological polar surface area (TPSA) is 87.3 Å². The average Bonchev–Trinajstić information content (AvgIpc) is 3.67. The van der Waals surface area contributed by atoms with Crippen LogP contribution in [-0.4, -0.2) is 52.7 Å². The second-order valence-electron chi connectivity index (χ2n) is 10.3. The van der Waals surface area contributed by atoms with Crippen LogP contribution in [0, 0.1) is 18.6 Å². The number of nitrogens with zero attached hydrogens (tertiary/aromatic N) is 2. The molecule has 7 nitrogen and oxygen atoms in total. The zero-order chi connectivity index (χ0) is 28.8. The van der Waals surface area contributed by atoms with Gasteiger partial charge < -0.3 is 19.9 Å². The molecule has 1 aliphatic rings. The van der Waals surface area contributed by atoms with Crippen molar-refractivity contribution >= 4 is 11.7 Å². The van der Waals surface area contributed by atoms with Crippen molar-refractivity contribution in [1.82, 2.24) is 20.2 Å². The number of benzene rings is 2. The van der Waals surface area contributed by atoms with E-state index >= 15 is 0 Å². The predicted octanol–water partition coefficient (Wildman–Crippen LogP) is 6.10. The third-order valence-corrected chi connectivity index (χ3v) is 7.12. The van der Waals surface area contributed by atoms with Crippen LogP contribution in [0.2, 0.25) is 0 Å². The molecule has 0 atom stereocenters. The first-order valence-electron chi connectivity index (χ1n) is 13.8. The number of amides is 1. The second kappa shape index (κ2) is 12.9. The Bertz CT molecular complexity index is 1550. The van der Waals surface area contributed by atoms with Crippen molar-refractivity contribution < 1.29 is 23.1 Å². The van der Waals surface area contributed by atoms with Gasteiger partial charge in [0.25, 0.3) is 5.91 Å². The Morgan fingerprint density at radius 1 is 1.00 bits per heavy atom. The predicted molar refractivity (Wildman–Crippen MR) is 152 cm³/mol. The quantitative estimate of drug-likeness (QED) is 0.172. The summed E-state index contributed by atoms with van der Waals surface area (Å²) in [4.78, 5) is 35.2. The molecular formula is C32H32F2N4O3. The van der Waals surface area contributed by atoms with E-state index in [1.165, 1.54) is 37.2 Å². The monoisotopic (exact) mass is 558 g/mol. The number of H-pyrrole nitrogens is 1. The molecule has 2 aromatic heterocycles. The summed E-state index contributed by atoms with van der Waals surface area (Å²) in [5, 5.41) is 2.95. The van der Waals surface area contributed by atoms with Crippen LogP contribution >= 0.6 is 0 Å². The summed E-state index contributed by atoms with van der Waals surface area (Å²) in [5.41, 5.74) is 2.91. The first kappa shape index (κ1) is 28.2. The first-order chi connectivity index (χ1) is 19.9. The molecule has 1 amide bonds. The van der Waals surface area contributed by atoms with Gasteiger partial charge in [-0.05, 0) is 87.8 Å². The number of rotatable bonds is 11. The molecule has 2 N–H and O–H groups in total. The Labute approximate surface area is 237 Å². The van der Waals surface area contributed by atoms with E-state index in [0.29, 0.717) is 29.2 Å². The minimum Gasteiger partial charge on any atom is -0.454 e. The number of pyridine rings is 1. The van der Waals surface area contributed by atoms with E-state index in [2.05, 4.69) is 20.2 Å². The van der Waals surface area contributed by atoms with Crippen molar-refractivity contribution in [2.45, 2.75) is 32.6 Å². The molecule has 0 aliphatic carbocycles. The summed E-state index contributed by atoms with van der Waals surface area (Å²) in [6.45, 7) is 5.68. The van der Waals surface area contributed by atoms with Crippen LogP contribution in [0.5, 0.6) is 11.5 Å². The molecule has 5 rings (SSSR count). The third-order valence-electron chi connectivity index (χ3n) is 7.12. The van der Waals surface area contributed by atoms with Crippen molar-refractivity contribution in [2.75, 3.05) is 26.2 Å². The lowest BCUT2D eigenvalue weighted by molar-refractivity contribution is 0.0950. The highest BCUT2D eigenvalue weighted by Crippen LogP contribution is 2.29. The van der Waals surface area contributed by atoms with Gasteiger partial charge in [0.05, 0.1) is 17.0 Å². The SMILES string of the molecule is Cc1ccc(F)c(CC(=O)c2ccc(F)c(Oc3ccnc(-c4cc(C(=O)NCCCN5CCCC5)c[nH]4)c3)c2)c1. The highest BCUT2D eigenvalue weighted by atomic mass is 19.1. The molecule has 212 valence electrons. The molecule has 0 bridgehead atoms. The van der Waals surface area contributed by atoms with Crippen LogP contribution in [0.4, 0.5) is 8.78 Å². The minimum absolute atomic E-state index is 0.141. The van der Waals surface area contributed by atoms with Crippen molar-refractivity contribution in [3.63, 3.8) is 0 Å². The number of likely N-dealkylation sites (tertiary alicyclic amines) is 1. The second-order valence-corrected chi connectivity index (χ2v) is 10.3. The molecule has 1 fully saturated rings. The van der Waals surface area contributed by atoms with Crippen molar-refractivity contribution in [3.05, 3.63) is 101 Å². The van der Waals surface area contributed by atoms with Gasteiger partial charge >= 0.3 is 0 Å². The van der Waals surface area contributed by atoms with Gasteiger partial charge in [-0.15, -0.1) is 0 Å². The number of hydrogen-bond acceptors (Lipinski definition) is 5. The molecule has 1 saturated heterocycles. The molecule has 0 saturated carbocycles. The standard InChI is InChI=1S/C32H32F2N4O3/c1-21-5-7-26(33)23(15-21)17-30(39)22-6-8-27(34)31(18-22)41-25-9-11-35-29(19-25)28-16-24(20-37-28)32(40)36-10-4-14-38-12-2-3-13-38/h5-9,11,15-16,18-20,37H,2-4,10,12-14,17H2,1H3,(H,36,40). The van der Waals surface area contributed by atoms with Crippen LogP contribution in [0.15, 0.2) is 67.0 Å². The lowest BCUT2D eigenvalue weighted by Gasteiger charge is -2.14. The Morgan fingerprint density at radius 3 is 2.63 bits per heavy atom. The summed E-state index contributed by atoms with van der Waals surface area (Å²) in [7, 11) is 0. The van der Waals surface area contributed by atoms with Gasteiger partial charge in [-0.2, -0.15) is 0 Å². The van der Waals surface area contributed by atoms with Crippen LogP contribution < -0.4 is 10.1 Å². The van der Waals surface area contributed by atoms with Gasteiger partial charge in [0.15, 0.2) is 17.3 Å². The summed E-state index contributed by atoms with van der Waals surface area (Å²) >= 11 is 0. The number of aromatic amines is 1. The number of carbonyl (C=O) groups excluding carboxylic acids is 2. The molecule has 0 spiro atoms. The molecular weight excluding hydrogens is 526 g/mol. The maximum absolute atomic E-state index is 14.6. The largest absolute Gasteiger partial charge is 0.454 e. The van der Waals surface area contributed by atoms with E-state index in [-0.39, 0.29) is 35.0 Å². The molecule has 3 heterocycles. The van der Waals surface area contributed by atoms with Crippen molar-refractivity contribution in [3.8, 4) is 22.9 Å². The van der Waals surface area contributed by atoms with Gasteiger partial charge in [-0.3, -0.25) is 14.6 Å². The van der Waals surface area contributed by atoms with Gasteiger partial charge in [-0.1, -0.05) is 17.7 Å². The van der Waals surface area contributed by atoms with Crippen LogP contribution in [-0.2, 0) is 6.42 Å². The van der Waals surface area contributed by atoms with Gasteiger partial charge in [-0.25, -0.2) is 8.78 Å². The van der Waals surface area contributed by atoms with E-state index in [4.69, 9.17) is 4.74 Å². The Kier molecular flexibility index (Phi) is 8.84. The fourth-order valence-electron chi connectivity index (χ4n) is 4.90. The summed E-state index contributed by atoms with van der Waals surface area (Å²) in [6.07, 6.45) is 6.37. The number of hydrogen-bond donors (Lipinski definition) is 2. The highest BCUT2D eigenvalue weighted by Gasteiger charge is 2.16. The lowest BCUT2D eigenvalue weighted by Crippen LogP contribution is -2.28. The number of ether oxygens (including phenoxy) is 1. The number of nitrogens with one attached hydrogen (secondary N) is 2. The number of ketones is 1. The highest BCUT2D eigenvalue weighted by molar-refractivity contribution is 5.98. The van der Waals surface area contributed by atoms with Crippen molar-refractivity contribution in [1.29, 1.82) is 0 Å². The Morgan fingerprint density at radius 2 is 1.80 bits per heavy atom. The van der Waals surface area contributed by atoms with Gasteiger partial charge in [0.1, 0.15) is 11.6 Å². The number of aromatic nitrogens is 2. The molecule has 41 heavy (non-hydrogen) atoms. The minimum atomic E-state index is -0.648. The lowest BCUT2D eigenvalue weighted by atomic mass is 10.0. The summed E-state index contributed by atoms with van der Waals surface area (Å²) in [6, 6.07) is 13.3. The summed E-state index contributed by atoms with van der Waals surface area (Å²) < 4.78 is 34.6. The van der Waals surface area contributed by atoms with E-state index in [0.717, 1.165) is 37.7 Å². The number of carbonyl (C=O) groups is 2. The molecule has 2 aromatic carbocycles. The number of Topliss-reactive ketones (excluding diaryl/α,β-unsaturated/α-hetero) is 1. The fraction of sp³-hybridized carbons (Fsp3) is 0.281. The smallest absolute Gasteiger partial charge is 0.252 e. The van der Waals surface area contributed by atoms with Gasteiger partial charge in [0, 0.05) is 37.0 Å². The average molecular weight is 559 g/mol. The molecule has 1 aliphatic heterocycles. The van der Waals surface area contributed by atoms with Gasteiger partial charge in [0.2, 0.25) is 0 Å². The maximum atomic E-state index is 14.6. The molecule has 9 heteroatoms. The molecule has 4 aromatic rings. The van der Waals surface area contributed by atoms with E-state index < -0.39 is 11.6 Å². The zero-order valence-electron chi connectivity index (χ0n) is 22.9. The first-order valence-corrected chi connectivity index (χ1v) is 13.8. The van der Waals surface area contributed by atoms with Crippen LogP contribution in [0.3, 0.4) is 0 Å². The molecule has 0 unspecified atom stereocenters. The number of halogens is 2. The van der Waals surface area contributed by atoms with Crippen LogP contribution in [0.25, 0.3) is 11.4 Å². The van der Waals surface area contributed by atoms with E-state index in [1.54, 1.807) is 36.5 Å². The zero-order valence-corrected chi connectivity index (χ0v) is 22.9. The van der Waals surface area contributed by atoms with Crippen molar-refractivity contribution in [2.24, 2.45) is 0 Å². The van der Waals surface area contributed by atoms with E-state index in [9.17, 15) is 18.4 Å².